The highest BCUT2D eigenvalue weighted by Crippen LogP contribution is 2.22. The molecule has 31 heavy (non-hydrogen) atoms. The van der Waals surface area contributed by atoms with Crippen molar-refractivity contribution in [2.24, 2.45) is 0 Å². The van der Waals surface area contributed by atoms with E-state index in [4.69, 9.17) is 27.7 Å². The van der Waals surface area contributed by atoms with E-state index in [1.54, 1.807) is 29.2 Å². The molecule has 3 rings (SSSR count). The number of amides is 1. The Hall–Kier alpha value is -3.20. The van der Waals surface area contributed by atoms with Gasteiger partial charge in [-0.3, -0.25) is 0 Å². The molecule has 2 heterocycles. The highest BCUT2D eigenvalue weighted by Gasteiger charge is 2.27. The number of carbonyl (C=O) groups is 1. The van der Waals surface area contributed by atoms with E-state index in [1.807, 2.05) is 12.1 Å². The number of rotatable bonds is 5. The number of carbonyl (C=O) groups excluding carboxylic acids is 1. The van der Waals surface area contributed by atoms with E-state index in [2.05, 4.69) is 23.7 Å². The van der Waals surface area contributed by atoms with Gasteiger partial charge in [0.2, 0.25) is 0 Å². The summed E-state index contributed by atoms with van der Waals surface area (Å²) < 4.78 is 5.40. The van der Waals surface area contributed by atoms with Gasteiger partial charge >= 0.3 is 6.09 Å². The molecule has 2 aromatic rings. The average molecular weight is 430 g/mol. The molecule has 0 atom stereocenters. The number of pyridine rings is 1. The zero-order valence-corrected chi connectivity index (χ0v) is 18.5. The van der Waals surface area contributed by atoms with Crippen LogP contribution in [0.25, 0.3) is 0 Å². The van der Waals surface area contributed by atoms with Gasteiger partial charge in [0.25, 0.3) is 0 Å². The fourth-order valence-corrected chi connectivity index (χ4v) is 3.53. The van der Waals surface area contributed by atoms with Crippen LogP contribution in [0.15, 0.2) is 36.4 Å². The lowest BCUT2D eigenvalue weighted by Gasteiger charge is -2.37. The molecule has 9 heteroatoms. The van der Waals surface area contributed by atoms with E-state index in [1.165, 1.54) is 6.42 Å². The number of anilines is 4. The van der Waals surface area contributed by atoms with Crippen molar-refractivity contribution in [3.63, 3.8) is 0 Å². The Labute approximate surface area is 184 Å². The smallest absolute Gasteiger partial charge is 0.408 e. The second-order valence-corrected chi connectivity index (χ2v) is 7.46. The van der Waals surface area contributed by atoms with Crippen LogP contribution in [0.2, 0.25) is 0 Å². The first-order chi connectivity index (χ1) is 14.8. The molecule has 1 fully saturated rings. The number of benzene rings is 1. The van der Waals surface area contributed by atoms with Gasteiger partial charge in [0.15, 0.2) is 5.75 Å². The Bertz CT molecular complexity index is 838. The minimum absolute atomic E-state index is 0.287. The third kappa shape index (κ3) is 7.21. The summed E-state index contributed by atoms with van der Waals surface area (Å²) in [7, 11) is 0. The largest absolute Gasteiger partial charge is 0.415 e. The molecular weight excluding hydrogens is 394 g/mol. The van der Waals surface area contributed by atoms with Crippen molar-refractivity contribution in [2.75, 3.05) is 49.1 Å². The molecule has 1 aromatic carbocycles. The second-order valence-electron chi connectivity index (χ2n) is 7.46. The van der Waals surface area contributed by atoms with Crippen LogP contribution in [0.4, 0.5) is 27.8 Å². The van der Waals surface area contributed by atoms with Crippen molar-refractivity contribution < 1.29 is 9.53 Å². The number of ether oxygens (including phenoxy) is 1. The van der Waals surface area contributed by atoms with Gasteiger partial charge in [0.1, 0.15) is 11.6 Å². The summed E-state index contributed by atoms with van der Waals surface area (Å²) in [4.78, 5) is 20.2. The molecule has 0 saturated carbocycles. The molecule has 1 aliphatic rings. The number of aromatic nitrogens is 1. The van der Waals surface area contributed by atoms with Gasteiger partial charge in [-0.2, -0.15) is 0 Å². The molecule has 9 nitrogen and oxygen atoms in total. The molecule has 1 saturated heterocycles. The molecule has 8 N–H and O–H groups in total. The van der Waals surface area contributed by atoms with Crippen LogP contribution in [0.5, 0.6) is 5.75 Å². The van der Waals surface area contributed by atoms with Gasteiger partial charge in [0.05, 0.1) is 11.4 Å². The van der Waals surface area contributed by atoms with Crippen LogP contribution in [-0.4, -0.2) is 53.1 Å². The molecule has 1 aliphatic heterocycles. The Morgan fingerprint density at radius 2 is 1.74 bits per heavy atom. The van der Waals surface area contributed by atoms with Crippen molar-refractivity contribution in [1.29, 1.82) is 0 Å². The normalized spacial score (nSPS) is 14.1. The second kappa shape index (κ2) is 11.8. The molecule has 1 amide bonds. The Morgan fingerprint density at radius 3 is 2.29 bits per heavy atom. The van der Waals surface area contributed by atoms with Gasteiger partial charge in [0, 0.05) is 19.1 Å². The lowest BCUT2D eigenvalue weighted by atomic mass is 10.0. The summed E-state index contributed by atoms with van der Waals surface area (Å²) in [6.07, 6.45) is 2.89. The van der Waals surface area contributed by atoms with E-state index < -0.39 is 0 Å². The van der Waals surface area contributed by atoms with Crippen LogP contribution >= 0.6 is 0 Å². The molecule has 170 valence electrons. The summed E-state index contributed by atoms with van der Waals surface area (Å²) in [5.74, 6) is 1.12. The summed E-state index contributed by atoms with van der Waals surface area (Å²) in [5, 5.41) is 0. The van der Waals surface area contributed by atoms with Crippen molar-refractivity contribution in [3.05, 3.63) is 36.4 Å². The third-order valence-corrected chi connectivity index (χ3v) is 5.25. The number of likely N-dealkylation sites (tertiary alicyclic amines) is 1. The minimum Gasteiger partial charge on any atom is -0.408 e. The average Bonchev–Trinajstić information content (AvgIpc) is 2.77. The van der Waals surface area contributed by atoms with Crippen molar-refractivity contribution in [2.45, 2.75) is 39.2 Å². The minimum atomic E-state index is -0.296. The van der Waals surface area contributed by atoms with Gasteiger partial charge < -0.3 is 37.5 Å². The highest BCUT2D eigenvalue weighted by molar-refractivity contribution is 5.73. The number of nitrogens with two attached hydrogens (primary N) is 4. The highest BCUT2D eigenvalue weighted by atomic mass is 16.6. The fraction of sp³-hybridized carbons (Fsp3) is 0.455. The van der Waals surface area contributed by atoms with E-state index in [-0.39, 0.29) is 11.9 Å². The summed E-state index contributed by atoms with van der Waals surface area (Å²) >= 11 is 0. The van der Waals surface area contributed by atoms with Crippen molar-refractivity contribution in [3.8, 4) is 5.75 Å². The number of hydrogen-bond donors (Lipinski definition) is 4. The monoisotopic (exact) mass is 429 g/mol. The lowest BCUT2D eigenvalue weighted by molar-refractivity contribution is 0.101. The molecule has 0 unspecified atom stereocenters. The number of piperidine rings is 1. The SMILES string of the molecule is CCCN(CC)C1CCN(C(=O)Oc2ccccc2N)CC1.Nc1ccc(N)c(N)n1. The van der Waals surface area contributed by atoms with Crippen LogP contribution < -0.4 is 27.7 Å². The Morgan fingerprint density at radius 1 is 1.06 bits per heavy atom. The summed E-state index contributed by atoms with van der Waals surface area (Å²) in [6, 6.07) is 10.9. The zero-order valence-electron chi connectivity index (χ0n) is 18.5. The van der Waals surface area contributed by atoms with E-state index in [0.717, 1.165) is 39.0 Å². The maximum atomic E-state index is 12.2. The number of para-hydroxylation sites is 2. The van der Waals surface area contributed by atoms with Crippen molar-refractivity contribution in [1.82, 2.24) is 14.8 Å². The van der Waals surface area contributed by atoms with Gasteiger partial charge in [-0.25, -0.2) is 9.78 Å². The van der Waals surface area contributed by atoms with Crippen LogP contribution in [0, 0.1) is 0 Å². The molecule has 0 bridgehead atoms. The first-order valence-electron chi connectivity index (χ1n) is 10.7. The van der Waals surface area contributed by atoms with E-state index in [0.29, 0.717) is 29.0 Å². The Kier molecular flexibility index (Phi) is 9.20. The quantitative estimate of drug-likeness (QED) is 0.530. The molecule has 0 radical (unpaired) electrons. The summed E-state index contributed by atoms with van der Waals surface area (Å²) in [5.41, 5.74) is 22.7. The zero-order chi connectivity index (χ0) is 22.8. The fourth-order valence-electron chi connectivity index (χ4n) is 3.53. The van der Waals surface area contributed by atoms with Crippen LogP contribution in [-0.2, 0) is 0 Å². The predicted molar refractivity (Wildman–Crippen MR) is 126 cm³/mol. The van der Waals surface area contributed by atoms with Crippen LogP contribution in [0.1, 0.15) is 33.1 Å². The maximum Gasteiger partial charge on any atom is 0.415 e. The van der Waals surface area contributed by atoms with E-state index >= 15 is 0 Å². The third-order valence-electron chi connectivity index (χ3n) is 5.25. The predicted octanol–water partition coefficient (Wildman–Crippen LogP) is 2.79. The summed E-state index contributed by atoms with van der Waals surface area (Å²) in [6.45, 7) is 8.11. The lowest BCUT2D eigenvalue weighted by Crippen LogP contribution is -2.47. The molecule has 1 aromatic heterocycles. The topological polar surface area (TPSA) is 150 Å². The van der Waals surface area contributed by atoms with Gasteiger partial charge in [-0.05, 0) is 56.6 Å². The number of hydrogen-bond acceptors (Lipinski definition) is 8. The number of nitrogens with zero attached hydrogens (tertiary/aromatic N) is 3. The van der Waals surface area contributed by atoms with Crippen molar-refractivity contribution >= 4 is 29.1 Å². The van der Waals surface area contributed by atoms with E-state index in [9.17, 15) is 4.79 Å². The molecular formula is C22H35N7O2. The standard InChI is InChI=1S/C17H27N3O2.C5H8N4/c1-3-11-19(4-2)14-9-12-20(13-10-14)17(21)22-16-8-6-5-7-15(16)18;6-3-1-2-4(7)9-5(3)8/h5-8,14H,3-4,9-13,18H2,1-2H3;1-2H,6H2,(H4,7,8,9). The Balaban J connectivity index is 0.000000316. The van der Waals surface area contributed by atoms with Gasteiger partial charge in [-0.15, -0.1) is 0 Å². The maximum absolute atomic E-state index is 12.2. The first kappa shape index (κ1) is 24.1. The molecule has 0 spiro atoms. The number of nitrogen functional groups attached to an aromatic ring is 4. The first-order valence-corrected chi connectivity index (χ1v) is 10.7. The molecule has 0 aliphatic carbocycles. The van der Waals surface area contributed by atoms with Crippen LogP contribution in [0.3, 0.4) is 0 Å². The van der Waals surface area contributed by atoms with Gasteiger partial charge in [-0.1, -0.05) is 26.0 Å².